The van der Waals surface area contributed by atoms with E-state index in [0.717, 1.165) is 12.1 Å². The Hall–Kier alpha value is -1.89. The second-order valence-corrected chi connectivity index (χ2v) is 2.75. The molecule has 1 aromatic carbocycles. The first-order chi connectivity index (χ1) is 6.06. The standard InChI is InChI=1S/C9H9NO3/c1-5(4-10)9-7(12)2-6(11)3-8(9)13/h2-3,5,11-13H,1H3. The van der Waals surface area contributed by atoms with Crippen LogP contribution >= 0.6 is 0 Å². The van der Waals surface area contributed by atoms with Gasteiger partial charge in [-0.15, -0.1) is 0 Å². The number of phenolic OH excluding ortho intramolecular Hbond substituents is 3. The van der Waals surface area contributed by atoms with E-state index in [0.29, 0.717) is 0 Å². The van der Waals surface area contributed by atoms with E-state index >= 15 is 0 Å². The highest BCUT2D eigenvalue weighted by Crippen LogP contribution is 2.36. The molecule has 0 aliphatic carbocycles. The molecular weight excluding hydrogens is 170 g/mol. The number of nitrogens with zero attached hydrogens (tertiary/aromatic N) is 1. The summed E-state index contributed by atoms with van der Waals surface area (Å²) >= 11 is 0. The van der Waals surface area contributed by atoms with Gasteiger partial charge in [0.15, 0.2) is 0 Å². The van der Waals surface area contributed by atoms with Gasteiger partial charge in [-0.05, 0) is 6.92 Å². The molecule has 0 fully saturated rings. The Bertz CT molecular complexity index is 345. The van der Waals surface area contributed by atoms with Crippen LogP contribution in [0.1, 0.15) is 18.4 Å². The lowest BCUT2D eigenvalue weighted by Gasteiger charge is -2.08. The molecule has 0 aliphatic rings. The summed E-state index contributed by atoms with van der Waals surface area (Å²) in [7, 11) is 0. The van der Waals surface area contributed by atoms with Gasteiger partial charge in [-0.1, -0.05) is 0 Å². The lowest BCUT2D eigenvalue weighted by molar-refractivity contribution is 0.418. The summed E-state index contributed by atoms with van der Waals surface area (Å²) in [6, 6.07) is 4.05. The van der Waals surface area contributed by atoms with E-state index in [1.807, 2.05) is 6.07 Å². The number of rotatable bonds is 1. The Labute approximate surface area is 75.3 Å². The number of hydrogen-bond acceptors (Lipinski definition) is 4. The van der Waals surface area contributed by atoms with Crippen molar-refractivity contribution in [2.75, 3.05) is 0 Å². The average Bonchev–Trinajstić information content (AvgIpc) is 2.02. The van der Waals surface area contributed by atoms with Crippen LogP contribution in [0.5, 0.6) is 17.2 Å². The third kappa shape index (κ3) is 1.64. The molecule has 0 spiro atoms. The summed E-state index contributed by atoms with van der Waals surface area (Å²) in [5.41, 5.74) is 0.139. The third-order valence-electron chi connectivity index (χ3n) is 1.75. The normalized spacial score (nSPS) is 12.0. The van der Waals surface area contributed by atoms with E-state index in [-0.39, 0.29) is 22.8 Å². The van der Waals surface area contributed by atoms with Crippen molar-refractivity contribution in [1.82, 2.24) is 0 Å². The van der Waals surface area contributed by atoms with E-state index in [1.165, 1.54) is 0 Å². The summed E-state index contributed by atoms with van der Waals surface area (Å²) < 4.78 is 0. The minimum atomic E-state index is -0.611. The van der Waals surface area contributed by atoms with Gasteiger partial charge in [0, 0.05) is 12.1 Å². The summed E-state index contributed by atoms with van der Waals surface area (Å²) in [6.45, 7) is 1.55. The zero-order chi connectivity index (χ0) is 10.0. The highest BCUT2D eigenvalue weighted by molar-refractivity contribution is 5.51. The van der Waals surface area contributed by atoms with Crippen LogP contribution in [0.3, 0.4) is 0 Å². The molecule has 0 radical (unpaired) electrons. The first-order valence-electron chi connectivity index (χ1n) is 3.70. The topological polar surface area (TPSA) is 84.5 Å². The van der Waals surface area contributed by atoms with Crippen LogP contribution in [0.2, 0.25) is 0 Å². The average molecular weight is 179 g/mol. The highest BCUT2D eigenvalue weighted by atomic mass is 16.3. The van der Waals surface area contributed by atoms with E-state index < -0.39 is 5.92 Å². The second kappa shape index (κ2) is 3.23. The third-order valence-corrected chi connectivity index (χ3v) is 1.75. The molecule has 4 heteroatoms. The monoisotopic (exact) mass is 179 g/mol. The molecule has 13 heavy (non-hydrogen) atoms. The van der Waals surface area contributed by atoms with Crippen molar-refractivity contribution in [2.45, 2.75) is 12.8 Å². The summed E-state index contributed by atoms with van der Waals surface area (Å²) in [6.07, 6.45) is 0. The van der Waals surface area contributed by atoms with E-state index in [9.17, 15) is 10.2 Å². The lowest BCUT2D eigenvalue weighted by atomic mass is 10.0. The zero-order valence-electron chi connectivity index (χ0n) is 7.02. The van der Waals surface area contributed by atoms with Gasteiger partial charge in [0.25, 0.3) is 0 Å². The fraction of sp³-hybridized carbons (Fsp3) is 0.222. The van der Waals surface area contributed by atoms with Crippen molar-refractivity contribution in [1.29, 1.82) is 5.26 Å². The van der Waals surface area contributed by atoms with Crippen molar-refractivity contribution in [3.8, 4) is 23.3 Å². The van der Waals surface area contributed by atoms with Crippen LogP contribution < -0.4 is 0 Å². The fourth-order valence-electron chi connectivity index (χ4n) is 1.12. The van der Waals surface area contributed by atoms with Gasteiger partial charge in [0.1, 0.15) is 17.2 Å². The Balaban J connectivity index is 3.30. The maximum absolute atomic E-state index is 9.30. The molecule has 0 saturated heterocycles. The fourth-order valence-corrected chi connectivity index (χ4v) is 1.12. The number of phenols is 3. The molecule has 0 bridgehead atoms. The largest absolute Gasteiger partial charge is 0.508 e. The molecule has 1 aromatic rings. The smallest absolute Gasteiger partial charge is 0.127 e. The summed E-state index contributed by atoms with van der Waals surface area (Å²) in [5.74, 6) is -1.39. The van der Waals surface area contributed by atoms with Crippen LogP contribution in [-0.2, 0) is 0 Å². The van der Waals surface area contributed by atoms with E-state index in [2.05, 4.69) is 0 Å². The van der Waals surface area contributed by atoms with Crippen LogP contribution in [0.25, 0.3) is 0 Å². The first kappa shape index (κ1) is 9.20. The predicted molar refractivity (Wildman–Crippen MR) is 45.5 cm³/mol. The van der Waals surface area contributed by atoms with Gasteiger partial charge in [0.2, 0.25) is 0 Å². The quantitative estimate of drug-likeness (QED) is 0.608. The summed E-state index contributed by atoms with van der Waals surface area (Å²) in [4.78, 5) is 0. The Kier molecular flexibility index (Phi) is 2.29. The maximum atomic E-state index is 9.30. The molecular formula is C9H9NO3. The molecule has 0 saturated carbocycles. The molecule has 1 unspecified atom stereocenters. The maximum Gasteiger partial charge on any atom is 0.127 e. The van der Waals surface area contributed by atoms with Crippen molar-refractivity contribution in [3.05, 3.63) is 17.7 Å². The van der Waals surface area contributed by atoms with Gasteiger partial charge in [-0.3, -0.25) is 0 Å². The van der Waals surface area contributed by atoms with E-state index in [1.54, 1.807) is 6.92 Å². The van der Waals surface area contributed by atoms with Gasteiger partial charge >= 0.3 is 0 Å². The number of aromatic hydroxyl groups is 3. The van der Waals surface area contributed by atoms with Crippen molar-refractivity contribution >= 4 is 0 Å². The lowest BCUT2D eigenvalue weighted by Crippen LogP contribution is -1.90. The Morgan fingerprint density at radius 3 is 2.08 bits per heavy atom. The molecule has 0 amide bonds. The summed E-state index contributed by atoms with van der Waals surface area (Å²) in [5, 5.41) is 36.1. The highest BCUT2D eigenvalue weighted by Gasteiger charge is 2.15. The minimum absolute atomic E-state index is 0.139. The predicted octanol–water partition coefficient (Wildman–Crippen LogP) is 1.43. The molecule has 0 aromatic heterocycles. The van der Waals surface area contributed by atoms with Crippen LogP contribution in [0.4, 0.5) is 0 Å². The van der Waals surface area contributed by atoms with Gasteiger partial charge in [-0.2, -0.15) is 5.26 Å². The molecule has 1 atom stereocenters. The second-order valence-electron chi connectivity index (χ2n) is 2.75. The van der Waals surface area contributed by atoms with Gasteiger partial charge in [0.05, 0.1) is 17.6 Å². The number of hydrogen-bond donors (Lipinski definition) is 3. The molecule has 0 heterocycles. The van der Waals surface area contributed by atoms with Crippen molar-refractivity contribution in [3.63, 3.8) is 0 Å². The van der Waals surface area contributed by atoms with E-state index in [4.69, 9.17) is 10.4 Å². The van der Waals surface area contributed by atoms with Crippen LogP contribution in [0.15, 0.2) is 12.1 Å². The Morgan fingerprint density at radius 1 is 1.23 bits per heavy atom. The Morgan fingerprint density at radius 2 is 1.69 bits per heavy atom. The van der Waals surface area contributed by atoms with Crippen molar-refractivity contribution in [2.24, 2.45) is 0 Å². The molecule has 68 valence electrons. The van der Waals surface area contributed by atoms with Crippen molar-refractivity contribution < 1.29 is 15.3 Å². The minimum Gasteiger partial charge on any atom is -0.508 e. The molecule has 1 rings (SSSR count). The molecule has 0 aliphatic heterocycles. The van der Waals surface area contributed by atoms with Crippen LogP contribution in [0, 0.1) is 11.3 Å². The SMILES string of the molecule is CC(C#N)c1c(O)cc(O)cc1O. The van der Waals surface area contributed by atoms with Crippen LogP contribution in [-0.4, -0.2) is 15.3 Å². The first-order valence-corrected chi connectivity index (χ1v) is 3.70. The number of benzene rings is 1. The molecule has 3 N–H and O–H groups in total. The zero-order valence-corrected chi connectivity index (χ0v) is 7.02. The van der Waals surface area contributed by atoms with Gasteiger partial charge in [-0.25, -0.2) is 0 Å². The molecule has 4 nitrogen and oxygen atoms in total. The number of nitriles is 1. The van der Waals surface area contributed by atoms with Gasteiger partial charge < -0.3 is 15.3 Å².